The van der Waals surface area contributed by atoms with Gasteiger partial charge in [0.15, 0.2) is 0 Å². The molecule has 0 radical (unpaired) electrons. The van der Waals surface area contributed by atoms with E-state index in [1.54, 1.807) is 0 Å². The van der Waals surface area contributed by atoms with Crippen LogP contribution in [0.2, 0.25) is 0 Å². The van der Waals surface area contributed by atoms with Gasteiger partial charge in [0.1, 0.15) is 6.10 Å². The van der Waals surface area contributed by atoms with Gasteiger partial charge in [0, 0.05) is 19.0 Å². The predicted molar refractivity (Wildman–Crippen MR) is 83.7 cm³/mol. The van der Waals surface area contributed by atoms with Gasteiger partial charge in [-0.2, -0.15) is 0 Å². The third-order valence-electron chi connectivity index (χ3n) is 5.97. The first kappa shape index (κ1) is 14.8. The van der Waals surface area contributed by atoms with E-state index in [9.17, 15) is 4.79 Å². The first-order valence-electron chi connectivity index (χ1n) is 8.25. The van der Waals surface area contributed by atoms with Crippen LogP contribution >= 0.6 is 0 Å². The predicted octanol–water partition coefficient (Wildman–Crippen LogP) is 3.08. The highest BCUT2D eigenvalue weighted by Crippen LogP contribution is 2.56. The van der Waals surface area contributed by atoms with E-state index in [1.807, 2.05) is 6.08 Å². The van der Waals surface area contributed by atoms with Gasteiger partial charge in [-0.25, -0.2) is 0 Å². The summed E-state index contributed by atoms with van der Waals surface area (Å²) in [7, 11) is 0. The van der Waals surface area contributed by atoms with Crippen molar-refractivity contribution >= 4 is 5.97 Å². The molecule has 1 N–H and O–H groups in total. The number of rotatable bonds is 4. The lowest BCUT2D eigenvalue weighted by molar-refractivity contribution is -0.146. The molecule has 0 aromatic carbocycles. The molecule has 3 rings (SSSR count). The van der Waals surface area contributed by atoms with Crippen LogP contribution in [0.15, 0.2) is 24.8 Å². The Balaban J connectivity index is 1.75. The van der Waals surface area contributed by atoms with Gasteiger partial charge in [-0.3, -0.25) is 4.79 Å². The van der Waals surface area contributed by atoms with Crippen LogP contribution in [0.4, 0.5) is 0 Å². The number of carbonyl (C=O) groups is 1. The smallest absolute Gasteiger partial charge is 0.310 e. The minimum atomic E-state index is -0.00517. The summed E-state index contributed by atoms with van der Waals surface area (Å²) in [6.45, 7) is 11.9. The summed E-state index contributed by atoms with van der Waals surface area (Å²) < 4.78 is 5.72. The number of ether oxygens (including phenoxy) is 1. The van der Waals surface area contributed by atoms with Crippen molar-refractivity contribution in [3.8, 4) is 0 Å². The second-order valence-corrected chi connectivity index (χ2v) is 7.35. The minimum Gasteiger partial charge on any atom is -0.462 e. The molecule has 0 aromatic rings. The monoisotopic (exact) mass is 289 g/mol. The number of nitrogens with one attached hydrogen (secondary N) is 1. The maximum Gasteiger partial charge on any atom is 0.310 e. The molecular formula is C18H27NO2. The van der Waals surface area contributed by atoms with Crippen LogP contribution in [0.1, 0.15) is 39.0 Å². The number of hydrogen-bond donors (Lipinski definition) is 1. The van der Waals surface area contributed by atoms with Crippen LogP contribution in [0, 0.1) is 23.2 Å². The molecule has 0 aromatic heterocycles. The van der Waals surface area contributed by atoms with E-state index >= 15 is 0 Å². The zero-order valence-corrected chi connectivity index (χ0v) is 13.1. The molecule has 2 aliphatic carbocycles. The van der Waals surface area contributed by atoms with Crippen molar-refractivity contribution in [2.24, 2.45) is 23.2 Å². The lowest BCUT2D eigenvalue weighted by Crippen LogP contribution is -2.45. The second kappa shape index (κ2) is 5.60. The van der Waals surface area contributed by atoms with Gasteiger partial charge in [-0.05, 0) is 43.4 Å². The van der Waals surface area contributed by atoms with Crippen LogP contribution in [-0.2, 0) is 9.53 Å². The molecule has 1 heterocycles. The van der Waals surface area contributed by atoms with E-state index in [4.69, 9.17) is 4.74 Å². The molecule has 0 amide bonds. The molecule has 3 fully saturated rings. The Morgan fingerprint density at radius 2 is 2.33 bits per heavy atom. The van der Waals surface area contributed by atoms with Crippen LogP contribution in [0.25, 0.3) is 0 Å². The van der Waals surface area contributed by atoms with Crippen LogP contribution in [-0.4, -0.2) is 25.2 Å². The Morgan fingerprint density at radius 3 is 3.10 bits per heavy atom. The molecule has 0 spiro atoms. The van der Waals surface area contributed by atoms with Gasteiger partial charge in [-0.1, -0.05) is 25.2 Å². The average molecular weight is 289 g/mol. The van der Waals surface area contributed by atoms with E-state index in [0.717, 1.165) is 25.8 Å². The molecule has 2 saturated carbocycles. The largest absolute Gasteiger partial charge is 0.462 e. The maximum absolute atomic E-state index is 12.2. The van der Waals surface area contributed by atoms with Crippen molar-refractivity contribution < 1.29 is 9.53 Å². The normalized spacial score (nSPS) is 42.1. The van der Waals surface area contributed by atoms with Crippen molar-refractivity contribution in [2.75, 3.05) is 13.1 Å². The van der Waals surface area contributed by atoms with Crippen LogP contribution < -0.4 is 5.32 Å². The summed E-state index contributed by atoms with van der Waals surface area (Å²) in [4.78, 5) is 12.2. The zero-order valence-electron chi connectivity index (χ0n) is 13.1. The molecule has 116 valence electrons. The fourth-order valence-electron chi connectivity index (χ4n) is 4.83. The molecule has 5 atom stereocenters. The SMILES string of the molecule is C=CCNC[C@@H]1C(=O)O[C@@H]2C[C@@]3(C)CCCC(=C)[C@H]3C[C@H]12. The summed E-state index contributed by atoms with van der Waals surface area (Å²) in [5.74, 6) is 0.940. The quantitative estimate of drug-likeness (QED) is 0.491. The van der Waals surface area contributed by atoms with Gasteiger partial charge in [0.2, 0.25) is 0 Å². The molecule has 3 aliphatic rings. The van der Waals surface area contributed by atoms with Gasteiger partial charge in [0.05, 0.1) is 5.92 Å². The van der Waals surface area contributed by atoms with Crippen LogP contribution in [0.5, 0.6) is 0 Å². The number of fused-ring (bicyclic) bond motifs is 2. The third kappa shape index (κ3) is 2.57. The van der Waals surface area contributed by atoms with Crippen molar-refractivity contribution in [3.05, 3.63) is 24.8 Å². The molecule has 0 bridgehead atoms. The Hall–Kier alpha value is -1.09. The Morgan fingerprint density at radius 1 is 1.52 bits per heavy atom. The molecule has 1 saturated heterocycles. The number of hydrogen-bond acceptors (Lipinski definition) is 3. The highest BCUT2D eigenvalue weighted by Gasteiger charge is 2.54. The molecule has 0 unspecified atom stereocenters. The number of esters is 1. The van der Waals surface area contributed by atoms with Crippen molar-refractivity contribution in [1.29, 1.82) is 0 Å². The van der Waals surface area contributed by atoms with E-state index in [1.165, 1.54) is 18.4 Å². The molecule has 3 heteroatoms. The average Bonchev–Trinajstić information content (AvgIpc) is 2.72. The molecule has 21 heavy (non-hydrogen) atoms. The van der Waals surface area contributed by atoms with Crippen molar-refractivity contribution in [1.82, 2.24) is 5.32 Å². The fourth-order valence-corrected chi connectivity index (χ4v) is 4.83. The molecule has 1 aliphatic heterocycles. The molecular weight excluding hydrogens is 262 g/mol. The minimum absolute atomic E-state index is 0.00517. The van der Waals surface area contributed by atoms with E-state index in [2.05, 4.69) is 25.4 Å². The maximum atomic E-state index is 12.2. The van der Waals surface area contributed by atoms with Gasteiger partial charge >= 0.3 is 5.97 Å². The van der Waals surface area contributed by atoms with Gasteiger partial charge in [-0.15, -0.1) is 6.58 Å². The summed E-state index contributed by atoms with van der Waals surface area (Å²) in [5.41, 5.74) is 1.69. The van der Waals surface area contributed by atoms with Crippen LogP contribution in [0.3, 0.4) is 0 Å². The Bertz CT molecular complexity index is 458. The first-order valence-corrected chi connectivity index (χ1v) is 8.25. The summed E-state index contributed by atoms with van der Waals surface area (Å²) in [6, 6.07) is 0. The van der Waals surface area contributed by atoms with E-state index in [-0.39, 0.29) is 18.0 Å². The third-order valence-corrected chi connectivity index (χ3v) is 5.97. The van der Waals surface area contributed by atoms with E-state index in [0.29, 0.717) is 23.8 Å². The lowest BCUT2D eigenvalue weighted by Gasteiger charge is -2.50. The van der Waals surface area contributed by atoms with Gasteiger partial charge < -0.3 is 10.1 Å². The van der Waals surface area contributed by atoms with Crippen molar-refractivity contribution in [2.45, 2.75) is 45.1 Å². The summed E-state index contributed by atoms with van der Waals surface area (Å²) in [5, 5.41) is 3.29. The van der Waals surface area contributed by atoms with E-state index < -0.39 is 0 Å². The standard InChI is InChI=1S/C18H27NO2/c1-4-8-19-11-14-13-9-15-12(2)6-5-7-18(15,3)10-16(13)21-17(14)20/h4,13-16,19H,1-2,5-11H2,3H3/t13-,14+,15-,16-,18-/m1/s1. The summed E-state index contributed by atoms with van der Waals surface area (Å²) in [6.07, 6.45) is 7.69. The zero-order chi connectivity index (χ0) is 15.0. The van der Waals surface area contributed by atoms with Gasteiger partial charge in [0.25, 0.3) is 0 Å². The Labute approximate surface area is 127 Å². The number of allylic oxidation sites excluding steroid dienone is 1. The lowest BCUT2D eigenvalue weighted by atomic mass is 9.55. The fraction of sp³-hybridized carbons (Fsp3) is 0.722. The first-order chi connectivity index (χ1) is 10.0. The second-order valence-electron chi connectivity index (χ2n) is 7.35. The summed E-state index contributed by atoms with van der Waals surface area (Å²) >= 11 is 0. The highest BCUT2D eigenvalue weighted by atomic mass is 16.6. The Kier molecular flexibility index (Phi) is 3.96. The highest BCUT2D eigenvalue weighted by molar-refractivity contribution is 5.75. The van der Waals surface area contributed by atoms with Crippen molar-refractivity contribution in [3.63, 3.8) is 0 Å². The topological polar surface area (TPSA) is 38.3 Å². The number of carbonyl (C=O) groups excluding carboxylic acids is 1. The molecule has 3 nitrogen and oxygen atoms in total.